The Bertz CT molecular complexity index is 310. The summed E-state index contributed by atoms with van der Waals surface area (Å²) in [4.78, 5) is 22.7. The number of hydrogen-bond acceptors (Lipinski definition) is 2. The van der Waals surface area contributed by atoms with Crippen LogP contribution >= 0.6 is 0 Å². The Morgan fingerprint density at radius 2 is 1.09 bits per heavy atom. The van der Waals surface area contributed by atoms with Crippen LogP contribution in [0.4, 0.5) is 0 Å². The van der Waals surface area contributed by atoms with Crippen LogP contribution < -0.4 is 18.9 Å². The van der Waals surface area contributed by atoms with Gasteiger partial charge >= 0.3 is 30.8 Å². The zero-order chi connectivity index (χ0) is 16.8. The number of carbonyl (C=O) groups is 2. The molecule has 23 heavy (non-hydrogen) atoms. The molecule has 0 bridgehead atoms. The van der Waals surface area contributed by atoms with Crippen molar-refractivity contribution in [1.82, 2.24) is 0 Å². The Hall–Kier alpha value is -0.463. The van der Waals surface area contributed by atoms with Gasteiger partial charge in [0.05, 0.1) is 0 Å². The van der Waals surface area contributed by atoms with Gasteiger partial charge in [0, 0.05) is 0 Å². The summed E-state index contributed by atoms with van der Waals surface area (Å²) in [5, 5.41) is 18.6. The molecule has 0 aromatic rings. The number of carboxylic acid groups (broad SMARTS) is 2. The monoisotopic (exact) mass is 322 g/mol. The van der Waals surface area contributed by atoms with Gasteiger partial charge in [0.2, 0.25) is 0 Å². The minimum absolute atomic E-state index is 0. The molecule has 0 spiro atoms. The molecule has 0 aliphatic carbocycles. The number of carboxylic acids is 2. The maximum atomic E-state index is 11.4. The van der Waals surface area contributed by atoms with Crippen LogP contribution in [0.15, 0.2) is 0 Å². The summed E-state index contributed by atoms with van der Waals surface area (Å²) >= 11 is 0. The molecule has 0 saturated heterocycles. The molecular formula is C18H35LiO4. The molecule has 2 N–H and O–H groups in total. The molecule has 0 radical (unpaired) electrons. The van der Waals surface area contributed by atoms with E-state index < -0.39 is 17.4 Å². The Morgan fingerprint density at radius 3 is 1.43 bits per heavy atom. The van der Waals surface area contributed by atoms with Gasteiger partial charge in [-0.15, -0.1) is 0 Å². The van der Waals surface area contributed by atoms with Gasteiger partial charge in [0.25, 0.3) is 0 Å². The van der Waals surface area contributed by atoms with Gasteiger partial charge in [-0.25, -0.2) is 0 Å². The molecular weight excluding hydrogens is 287 g/mol. The van der Waals surface area contributed by atoms with E-state index in [1.165, 1.54) is 44.9 Å². The van der Waals surface area contributed by atoms with Crippen LogP contribution in [0.5, 0.6) is 0 Å². The number of hydrogen-bond donors (Lipinski definition) is 2. The van der Waals surface area contributed by atoms with Crippen molar-refractivity contribution in [3.63, 3.8) is 0 Å². The Morgan fingerprint density at radius 1 is 0.696 bits per heavy atom. The van der Waals surface area contributed by atoms with Crippen LogP contribution in [0, 0.1) is 5.41 Å². The van der Waals surface area contributed by atoms with Gasteiger partial charge < -0.3 is 11.6 Å². The third-order valence-electron chi connectivity index (χ3n) is 4.45. The molecule has 0 heterocycles. The van der Waals surface area contributed by atoms with Gasteiger partial charge in [0.1, 0.15) is 0 Å². The second-order valence-electron chi connectivity index (χ2n) is 6.37. The maximum Gasteiger partial charge on any atom is 1.00 e. The first-order valence-corrected chi connectivity index (χ1v) is 8.98. The van der Waals surface area contributed by atoms with E-state index in [1.54, 1.807) is 0 Å². The molecule has 0 aliphatic heterocycles. The summed E-state index contributed by atoms with van der Waals surface area (Å²) in [5.74, 6) is -2.37. The van der Waals surface area contributed by atoms with E-state index >= 15 is 0 Å². The largest absolute Gasteiger partial charge is 1.00 e. The van der Waals surface area contributed by atoms with Crippen molar-refractivity contribution in [3.8, 4) is 0 Å². The first-order chi connectivity index (χ1) is 10.5. The zero-order valence-electron chi connectivity index (χ0n) is 16.4. The van der Waals surface area contributed by atoms with Crippen LogP contribution in [0.2, 0.25) is 0 Å². The van der Waals surface area contributed by atoms with Gasteiger partial charge in [-0.2, -0.15) is 0 Å². The molecule has 0 aliphatic rings. The normalized spacial score (nSPS) is 11.0. The van der Waals surface area contributed by atoms with Gasteiger partial charge in [-0.3, -0.25) is 9.59 Å². The molecule has 0 aromatic heterocycles. The SMILES string of the molecule is CCCCCCCCCCCCC(CCC)(C(=O)O)C(=O)O.[H-].[Li+]. The Labute approximate surface area is 155 Å². The summed E-state index contributed by atoms with van der Waals surface area (Å²) < 4.78 is 0. The smallest absolute Gasteiger partial charge is 1.00 e. The fraction of sp³-hybridized carbons (Fsp3) is 0.889. The third-order valence-corrected chi connectivity index (χ3v) is 4.45. The van der Waals surface area contributed by atoms with Crippen molar-refractivity contribution in [2.75, 3.05) is 0 Å². The molecule has 0 rings (SSSR count). The van der Waals surface area contributed by atoms with E-state index in [4.69, 9.17) is 0 Å². The molecule has 5 heteroatoms. The second-order valence-corrected chi connectivity index (χ2v) is 6.37. The van der Waals surface area contributed by atoms with Crippen LogP contribution in [-0.4, -0.2) is 22.2 Å². The third kappa shape index (κ3) is 10.1. The first kappa shape index (κ1) is 24.8. The Balaban J connectivity index is -0.00000220. The summed E-state index contributed by atoms with van der Waals surface area (Å²) in [5.41, 5.74) is -1.57. The number of rotatable bonds is 15. The minimum Gasteiger partial charge on any atom is -1.00 e. The van der Waals surface area contributed by atoms with E-state index in [0.29, 0.717) is 12.8 Å². The van der Waals surface area contributed by atoms with Crippen molar-refractivity contribution in [2.45, 2.75) is 97.3 Å². The molecule has 132 valence electrons. The van der Waals surface area contributed by atoms with Gasteiger partial charge in [-0.05, 0) is 12.8 Å². The Kier molecular flexibility index (Phi) is 16.3. The minimum atomic E-state index is -1.57. The molecule has 0 amide bonds. The van der Waals surface area contributed by atoms with Crippen LogP contribution in [0.3, 0.4) is 0 Å². The van der Waals surface area contributed by atoms with Crippen LogP contribution in [-0.2, 0) is 9.59 Å². The zero-order valence-corrected chi connectivity index (χ0v) is 15.4. The van der Waals surface area contributed by atoms with E-state index in [9.17, 15) is 19.8 Å². The van der Waals surface area contributed by atoms with Gasteiger partial charge in [0.15, 0.2) is 5.41 Å². The van der Waals surface area contributed by atoms with E-state index in [-0.39, 0.29) is 33.1 Å². The quantitative estimate of drug-likeness (QED) is 0.276. The molecule has 4 nitrogen and oxygen atoms in total. The predicted molar refractivity (Wildman–Crippen MR) is 90.2 cm³/mol. The number of aliphatic carboxylic acids is 2. The molecule has 0 saturated carbocycles. The van der Waals surface area contributed by atoms with Gasteiger partial charge in [-0.1, -0.05) is 84.5 Å². The standard InChI is InChI=1S/C18H34O4.Li.H/c1-3-5-6-7-8-9-10-11-12-13-15-18(14-4-2,16(19)20)17(21)22;;/h3-15H2,1-2H3,(H,19,20)(H,21,22);;/q;+1;-1. The summed E-state index contributed by atoms with van der Waals surface area (Å²) in [6, 6.07) is 0. The first-order valence-electron chi connectivity index (χ1n) is 8.98. The van der Waals surface area contributed by atoms with E-state index in [2.05, 4.69) is 6.92 Å². The fourth-order valence-electron chi connectivity index (χ4n) is 2.99. The molecule has 0 fully saturated rings. The molecule has 0 unspecified atom stereocenters. The summed E-state index contributed by atoms with van der Waals surface area (Å²) in [6.07, 6.45) is 12.7. The predicted octanol–water partition coefficient (Wildman–Crippen LogP) is 2.37. The van der Waals surface area contributed by atoms with E-state index in [0.717, 1.165) is 12.8 Å². The fourth-order valence-corrected chi connectivity index (χ4v) is 2.99. The summed E-state index contributed by atoms with van der Waals surface area (Å²) in [6.45, 7) is 4.05. The summed E-state index contributed by atoms with van der Waals surface area (Å²) in [7, 11) is 0. The maximum absolute atomic E-state index is 11.4. The van der Waals surface area contributed by atoms with Crippen molar-refractivity contribution < 1.29 is 40.1 Å². The van der Waals surface area contributed by atoms with E-state index in [1.807, 2.05) is 6.92 Å². The van der Waals surface area contributed by atoms with Crippen molar-refractivity contribution >= 4 is 11.9 Å². The number of unbranched alkanes of at least 4 members (excludes halogenated alkanes) is 9. The van der Waals surface area contributed by atoms with Crippen LogP contribution in [0.25, 0.3) is 0 Å². The topological polar surface area (TPSA) is 74.6 Å². The van der Waals surface area contributed by atoms with Crippen molar-refractivity contribution in [1.29, 1.82) is 0 Å². The molecule has 0 aromatic carbocycles. The van der Waals surface area contributed by atoms with Crippen molar-refractivity contribution in [2.24, 2.45) is 5.41 Å². The average Bonchev–Trinajstić information content (AvgIpc) is 2.47. The van der Waals surface area contributed by atoms with Crippen LogP contribution in [0.1, 0.15) is 98.7 Å². The average molecular weight is 322 g/mol. The second kappa shape index (κ2) is 15.1. The molecule has 0 atom stereocenters. The van der Waals surface area contributed by atoms with Crippen molar-refractivity contribution in [3.05, 3.63) is 0 Å².